The average Bonchev–Trinajstić information content (AvgIpc) is 2.68. The second-order valence-electron chi connectivity index (χ2n) is 4.53. The van der Waals surface area contributed by atoms with Gasteiger partial charge in [0.05, 0.1) is 6.04 Å². The van der Waals surface area contributed by atoms with Gasteiger partial charge in [-0.05, 0) is 25.7 Å². The summed E-state index contributed by atoms with van der Waals surface area (Å²) in [6.45, 7) is 1.86. The Bertz CT molecular complexity index is 303. The van der Waals surface area contributed by atoms with Gasteiger partial charge in [0, 0.05) is 6.42 Å². The minimum absolute atomic E-state index is 0.155. The van der Waals surface area contributed by atoms with Gasteiger partial charge in [0.15, 0.2) is 0 Å². The van der Waals surface area contributed by atoms with Crippen molar-refractivity contribution in [3.63, 3.8) is 0 Å². The lowest BCUT2D eigenvalue weighted by Gasteiger charge is -2.19. The molecular formula is C11H19N3O. The van der Waals surface area contributed by atoms with Crippen molar-refractivity contribution in [1.82, 2.24) is 10.2 Å². The number of rotatable bonds is 3. The van der Waals surface area contributed by atoms with E-state index in [0.717, 1.165) is 18.2 Å². The summed E-state index contributed by atoms with van der Waals surface area (Å²) in [5, 5.41) is 7.97. The Morgan fingerprint density at radius 3 is 2.67 bits per heavy atom. The van der Waals surface area contributed by atoms with Gasteiger partial charge in [-0.15, -0.1) is 10.2 Å². The van der Waals surface area contributed by atoms with E-state index in [0.29, 0.717) is 5.89 Å². The molecular weight excluding hydrogens is 190 g/mol. The van der Waals surface area contributed by atoms with Crippen LogP contribution >= 0.6 is 0 Å². The van der Waals surface area contributed by atoms with Crippen molar-refractivity contribution in [2.75, 3.05) is 0 Å². The predicted molar refractivity (Wildman–Crippen MR) is 57.2 cm³/mol. The lowest BCUT2D eigenvalue weighted by atomic mass is 9.87. The SMILES string of the molecule is CC(N)c1nnc(CC2CCCCC2)o1. The molecule has 1 atom stereocenters. The van der Waals surface area contributed by atoms with E-state index in [-0.39, 0.29) is 6.04 Å². The molecule has 15 heavy (non-hydrogen) atoms. The van der Waals surface area contributed by atoms with Crippen LogP contribution in [0.2, 0.25) is 0 Å². The van der Waals surface area contributed by atoms with Crippen LogP contribution < -0.4 is 5.73 Å². The van der Waals surface area contributed by atoms with Gasteiger partial charge < -0.3 is 10.2 Å². The summed E-state index contributed by atoms with van der Waals surface area (Å²) in [4.78, 5) is 0. The summed E-state index contributed by atoms with van der Waals surface area (Å²) in [7, 11) is 0. The van der Waals surface area contributed by atoms with Gasteiger partial charge in [0.25, 0.3) is 0 Å². The van der Waals surface area contributed by atoms with Crippen LogP contribution in [0.4, 0.5) is 0 Å². The first-order valence-corrected chi connectivity index (χ1v) is 5.83. The van der Waals surface area contributed by atoms with Crippen LogP contribution in [-0.2, 0) is 6.42 Å². The van der Waals surface area contributed by atoms with Gasteiger partial charge in [-0.1, -0.05) is 19.3 Å². The maximum atomic E-state index is 5.66. The highest BCUT2D eigenvalue weighted by atomic mass is 16.4. The minimum Gasteiger partial charge on any atom is -0.424 e. The van der Waals surface area contributed by atoms with Crippen molar-refractivity contribution in [2.45, 2.75) is 51.5 Å². The van der Waals surface area contributed by atoms with Crippen LogP contribution in [0.5, 0.6) is 0 Å². The number of nitrogens with zero attached hydrogens (tertiary/aromatic N) is 2. The predicted octanol–water partition coefficient (Wildman–Crippen LogP) is 2.21. The zero-order chi connectivity index (χ0) is 10.7. The maximum absolute atomic E-state index is 5.66. The van der Waals surface area contributed by atoms with Crippen LogP contribution in [0.25, 0.3) is 0 Å². The summed E-state index contributed by atoms with van der Waals surface area (Å²) in [5.74, 6) is 2.05. The molecule has 1 unspecified atom stereocenters. The van der Waals surface area contributed by atoms with E-state index >= 15 is 0 Å². The quantitative estimate of drug-likeness (QED) is 0.829. The molecule has 1 saturated carbocycles. The number of nitrogens with two attached hydrogens (primary N) is 1. The zero-order valence-corrected chi connectivity index (χ0v) is 9.28. The van der Waals surface area contributed by atoms with E-state index in [1.54, 1.807) is 0 Å². The van der Waals surface area contributed by atoms with Gasteiger partial charge in [0.1, 0.15) is 0 Å². The van der Waals surface area contributed by atoms with Crippen LogP contribution in [-0.4, -0.2) is 10.2 Å². The Morgan fingerprint density at radius 1 is 1.33 bits per heavy atom. The van der Waals surface area contributed by atoms with Crippen molar-refractivity contribution in [3.05, 3.63) is 11.8 Å². The Morgan fingerprint density at radius 2 is 2.07 bits per heavy atom. The molecule has 0 aromatic carbocycles. The normalized spacial score (nSPS) is 20.4. The monoisotopic (exact) mass is 209 g/mol. The molecule has 0 saturated heterocycles. The molecule has 2 N–H and O–H groups in total. The molecule has 0 amide bonds. The molecule has 1 heterocycles. The minimum atomic E-state index is -0.155. The van der Waals surface area contributed by atoms with Gasteiger partial charge >= 0.3 is 0 Å². The molecule has 4 nitrogen and oxygen atoms in total. The first-order valence-electron chi connectivity index (χ1n) is 5.83. The van der Waals surface area contributed by atoms with Crippen LogP contribution in [0.1, 0.15) is 56.9 Å². The molecule has 2 rings (SSSR count). The molecule has 1 fully saturated rings. The lowest BCUT2D eigenvalue weighted by Crippen LogP contribution is -2.09. The first kappa shape index (κ1) is 10.6. The molecule has 1 aliphatic carbocycles. The van der Waals surface area contributed by atoms with Crippen LogP contribution in [0.15, 0.2) is 4.42 Å². The zero-order valence-electron chi connectivity index (χ0n) is 9.28. The fourth-order valence-corrected chi connectivity index (χ4v) is 2.17. The molecule has 1 aromatic heterocycles. The van der Waals surface area contributed by atoms with E-state index < -0.39 is 0 Å². The summed E-state index contributed by atoms with van der Waals surface area (Å²) < 4.78 is 5.50. The van der Waals surface area contributed by atoms with Crippen molar-refractivity contribution in [3.8, 4) is 0 Å². The van der Waals surface area contributed by atoms with E-state index in [2.05, 4.69) is 10.2 Å². The number of hydrogen-bond donors (Lipinski definition) is 1. The summed E-state index contributed by atoms with van der Waals surface area (Å²) in [6.07, 6.45) is 7.61. The third kappa shape index (κ3) is 2.78. The Hall–Kier alpha value is -0.900. The van der Waals surface area contributed by atoms with E-state index in [9.17, 15) is 0 Å². The standard InChI is InChI=1S/C11H19N3O/c1-8(12)11-14-13-10(15-11)7-9-5-3-2-4-6-9/h8-9H,2-7,12H2,1H3. The van der Waals surface area contributed by atoms with Crippen LogP contribution in [0.3, 0.4) is 0 Å². The Kier molecular flexibility index (Phi) is 3.36. The molecule has 0 radical (unpaired) electrons. The van der Waals surface area contributed by atoms with Gasteiger partial charge in [0.2, 0.25) is 11.8 Å². The van der Waals surface area contributed by atoms with Crippen molar-refractivity contribution >= 4 is 0 Å². The fourth-order valence-electron chi connectivity index (χ4n) is 2.17. The highest BCUT2D eigenvalue weighted by Crippen LogP contribution is 2.26. The van der Waals surface area contributed by atoms with Gasteiger partial charge in [-0.3, -0.25) is 0 Å². The molecule has 0 spiro atoms. The van der Waals surface area contributed by atoms with Gasteiger partial charge in [-0.2, -0.15) is 0 Å². The topological polar surface area (TPSA) is 64.9 Å². The van der Waals surface area contributed by atoms with E-state index in [4.69, 9.17) is 10.2 Å². The summed E-state index contributed by atoms with van der Waals surface area (Å²) in [5.41, 5.74) is 5.66. The molecule has 84 valence electrons. The fraction of sp³-hybridized carbons (Fsp3) is 0.818. The third-order valence-corrected chi connectivity index (χ3v) is 3.06. The Balaban J connectivity index is 1.91. The second-order valence-corrected chi connectivity index (χ2v) is 4.53. The first-order chi connectivity index (χ1) is 7.25. The van der Waals surface area contributed by atoms with Crippen molar-refractivity contribution in [1.29, 1.82) is 0 Å². The number of hydrogen-bond acceptors (Lipinski definition) is 4. The third-order valence-electron chi connectivity index (χ3n) is 3.06. The second kappa shape index (κ2) is 4.75. The Labute approximate surface area is 90.3 Å². The number of aromatic nitrogens is 2. The van der Waals surface area contributed by atoms with Crippen molar-refractivity contribution < 1.29 is 4.42 Å². The van der Waals surface area contributed by atoms with E-state index in [1.165, 1.54) is 32.1 Å². The average molecular weight is 209 g/mol. The van der Waals surface area contributed by atoms with Crippen LogP contribution in [0, 0.1) is 5.92 Å². The smallest absolute Gasteiger partial charge is 0.232 e. The molecule has 4 heteroatoms. The molecule has 1 aliphatic rings. The van der Waals surface area contributed by atoms with Gasteiger partial charge in [-0.25, -0.2) is 0 Å². The summed E-state index contributed by atoms with van der Waals surface area (Å²) >= 11 is 0. The largest absolute Gasteiger partial charge is 0.424 e. The highest BCUT2D eigenvalue weighted by Gasteiger charge is 2.17. The lowest BCUT2D eigenvalue weighted by molar-refractivity contribution is 0.321. The highest BCUT2D eigenvalue weighted by molar-refractivity contribution is 4.88. The maximum Gasteiger partial charge on any atom is 0.232 e. The molecule has 1 aromatic rings. The van der Waals surface area contributed by atoms with Crippen molar-refractivity contribution in [2.24, 2.45) is 11.7 Å². The molecule has 0 bridgehead atoms. The summed E-state index contributed by atoms with van der Waals surface area (Å²) in [6, 6.07) is -0.155. The van der Waals surface area contributed by atoms with E-state index in [1.807, 2.05) is 6.92 Å². The molecule has 0 aliphatic heterocycles.